The number of H-pyrrole nitrogens is 1. The van der Waals surface area contributed by atoms with E-state index >= 15 is 0 Å². The Hall–Kier alpha value is -1.79. The van der Waals surface area contributed by atoms with Crippen molar-refractivity contribution in [2.75, 3.05) is 11.4 Å². The van der Waals surface area contributed by atoms with Crippen molar-refractivity contribution in [3.05, 3.63) is 69.5 Å². The summed E-state index contributed by atoms with van der Waals surface area (Å²) < 4.78 is 38.8. The topological polar surface area (TPSA) is 73.4 Å². The van der Waals surface area contributed by atoms with Crippen molar-refractivity contribution in [3.63, 3.8) is 0 Å². The third-order valence-corrected chi connectivity index (χ3v) is 3.82. The van der Waals surface area contributed by atoms with Crippen molar-refractivity contribution >= 4 is 34.1 Å². The molecule has 0 saturated carbocycles. The second-order valence-corrected chi connectivity index (χ2v) is 5.34. The summed E-state index contributed by atoms with van der Waals surface area (Å²) in [6.45, 7) is -6.42. The Morgan fingerprint density at radius 1 is 1.28 bits per heavy atom. The molecule has 1 heterocycles. The smallest absolute Gasteiger partial charge is 0.506 e. The Bertz CT molecular complexity index is 1150. The van der Waals surface area contributed by atoms with Gasteiger partial charge in [0, 0.05) is 19.0 Å². The van der Waals surface area contributed by atoms with Crippen molar-refractivity contribution < 1.29 is 46.3 Å². The number of nitrogens with one attached hydrogen (secondary N) is 1. The summed E-state index contributed by atoms with van der Waals surface area (Å²) in [5, 5.41) is 10.7. The molecule has 1 amide bonds. The summed E-state index contributed by atoms with van der Waals surface area (Å²) in [6.07, 6.45) is 0. The van der Waals surface area contributed by atoms with E-state index in [0.717, 1.165) is 0 Å². The van der Waals surface area contributed by atoms with Gasteiger partial charge in [0.25, 0.3) is 11.5 Å². The Kier molecular flexibility index (Phi) is 4.33. The minimum Gasteiger partial charge on any atom is -0.506 e. The fourth-order valence-corrected chi connectivity index (χ4v) is 2.67. The molecule has 0 atom stereocenters. The van der Waals surface area contributed by atoms with Gasteiger partial charge in [-0.15, -0.1) is 0 Å². The maximum absolute atomic E-state index is 13.2. The molecule has 122 valence electrons. The zero-order valence-electron chi connectivity index (χ0n) is 18.2. The van der Waals surface area contributed by atoms with Crippen LogP contribution in [-0.4, -0.2) is 22.5 Å². The number of aromatic amines is 1. The molecule has 0 saturated heterocycles. The number of carbonyl (C=O) groups is 1. The molecule has 0 aliphatic carbocycles. The number of amides is 1. The number of aromatic nitrogens is 1. The molecule has 3 aromatic rings. The van der Waals surface area contributed by atoms with E-state index in [1.165, 1.54) is 42.5 Å². The number of fused-ring (bicyclic) bond motifs is 1. The van der Waals surface area contributed by atoms with Gasteiger partial charge in [0.15, 0.2) is 0 Å². The van der Waals surface area contributed by atoms with E-state index < -0.39 is 36.1 Å². The quantitative estimate of drug-likeness (QED) is 0.662. The standard InChI is InChI=1S/C18H15ClN2O3.Na/c1-2-21(11-7-4-3-5-8-11)18(24)15-16(22)14-12(19)9-6-10-13(14)20-17(15)23;/h3-10H,2H2,1H3,(H2,20,22,23);/q;+1/i1D3,2D2;. The molecule has 0 unspecified atom stereocenters. The first-order valence-electron chi connectivity index (χ1n) is 9.40. The van der Waals surface area contributed by atoms with E-state index in [-0.39, 0.29) is 51.2 Å². The van der Waals surface area contributed by atoms with Crippen LogP contribution in [0.2, 0.25) is 5.02 Å². The van der Waals surface area contributed by atoms with Crippen LogP contribution < -0.4 is 40.0 Å². The number of rotatable bonds is 3. The third-order valence-electron chi connectivity index (χ3n) is 3.51. The fraction of sp³-hybridized carbons (Fsp3) is 0.111. The minimum absolute atomic E-state index is 0. The van der Waals surface area contributed by atoms with E-state index in [4.69, 9.17) is 18.5 Å². The summed E-state index contributed by atoms with van der Waals surface area (Å²) >= 11 is 6.08. The first-order chi connectivity index (χ1) is 13.5. The number of anilines is 1. The average molecular weight is 371 g/mol. The summed E-state index contributed by atoms with van der Waals surface area (Å²) in [5.74, 6) is -2.08. The molecule has 0 spiro atoms. The number of para-hydroxylation sites is 1. The second kappa shape index (κ2) is 8.06. The number of hydrogen-bond acceptors (Lipinski definition) is 3. The number of halogens is 1. The summed E-state index contributed by atoms with van der Waals surface area (Å²) in [7, 11) is 0. The predicted octanol–water partition coefficient (Wildman–Crippen LogP) is 0.558. The largest absolute Gasteiger partial charge is 1.00 e. The predicted molar refractivity (Wildman–Crippen MR) is 95.0 cm³/mol. The molecule has 0 bridgehead atoms. The number of carbonyl (C=O) groups excluding carboxylic acids is 1. The molecule has 0 aliphatic rings. The van der Waals surface area contributed by atoms with E-state index in [2.05, 4.69) is 4.98 Å². The normalized spacial score (nSPS) is 14.4. The van der Waals surface area contributed by atoms with Crippen molar-refractivity contribution in [1.29, 1.82) is 0 Å². The van der Waals surface area contributed by atoms with E-state index in [1.807, 2.05) is 0 Å². The van der Waals surface area contributed by atoms with Crippen molar-refractivity contribution in [2.45, 2.75) is 6.85 Å². The zero-order valence-corrected chi connectivity index (χ0v) is 16.0. The first-order valence-corrected chi connectivity index (χ1v) is 7.27. The van der Waals surface area contributed by atoms with E-state index in [1.54, 1.807) is 6.07 Å². The summed E-state index contributed by atoms with van der Waals surface area (Å²) in [6, 6.07) is 11.6. The molecule has 1 aromatic heterocycles. The number of hydrogen-bond donors (Lipinski definition) is 2. The van der Waals surface area contributed by atoms with Gasteiger partial charge in [-0.05, 0) is 31.1 Å². The van der Waals surface area contributed by atoms with Gasteiger partial charge in [-0.3, -0.25) is 9.59 Å². The van der Waals surface area contributed by atoms with Crippen LogP contribution in [0.15, 0.2) is 53.3 Å². The van der Waals surface area contributed by atoms with Gasteiger partial charge >= 0.3 is 29.6 Å². The van der Waals surface area contributed by atoms with Crippen molar-refractivity contribution in [1.82, 2.24) is 4.98 Å². The van der Waals surface area contributed by atoms with Crippen LogP contribution >= 0.6 is 11.6 Å². The number of pyridine rings is 1. The molecule has 0 fully saturated rings. The minimum atomic E-state index is -3.24. The van der Waals surface area contributed by atoms with Gasteiger partial charge < -0.3 is 15.0 Å². The fourth-order valence-electron chi connectivity index (χ4n) is 2.41. The van der Waals surface area contributed by atoms with Crippen LogP contribution in [0.5, 0.6) is 5.75 Å². The Labute approximate surface area is 178 Å². The molecule has 7 heteroatoms. The second-order valence-electron chi connectivity index (χ2n) is 4.93. The van der Waals surface area contributed by atoms with Gasteiger partial charge in [-0.1, -0.05) is 35.9 Å². The first kappa shape index (κ1) is 13.4. The third kappa shape index (κ3) is 3.60. The average Bonchev–Trinajstić information content (AvgIpc) is 2.61. The SMILES string of the molecule is [2H]C([2H])([2H])C([2H])([2H])N(C(=O)c1c(O)c2c(Cl)cccc2[nH]c1=O)c1ccccc1.[Na+]. The summed E-state index contributed by atoms with van der Waals surface area (Å²) in [5.41, 5.74) is -1.76. The zero-order chi connectivity index (χ0) is 21.6. The molecule has 25 heavy (non-hydrogen) atoms. The molecular formula is C18H15ClN2NaO3+. The van der Waals surface area contributed by atoms with Crippen LogP contribution in [-0.2, 0) is 0 Å². The molecule has 2 aromatic carbocycles. The van der Waals surface area contributed by atoms with Gasteiger partial charge in [-0.25, -0.2) is 0 Å². The van der Waals surface area contributed by atoms with Crippen LogP contribution in [0, 0.1) is 0 Å². The maximum Gasteiger partial charge on any atom is 1.00 e. The molecule has 2 N–H and O–H groups in total. The Balaban J connectivity index is 0.00000320. The Morgan fingerprint density at radius 2 is 2.00 bits per heavy atom. The van der Waals surface area contributed by atoms with Crippen LogP contribution in [0.4, 0.5) is 5.69 Å². The Morgan fingerprint density at radius 3 is 2.68 bits per heavy atom. The number of benzene rings is 2. The van der Waals surface area contributed by atoms with E-state index in [0.29, 0.717) is 4.90 Å². The molecule has 3 rings (SSSR count). The van der Waals surface area contributed by atoms with Crippen LogP contribution in [0.25, 0.3) is 10.9 Å². The number of aromatic hydroxyl groups is 1. The van der Waals surface area contributed by atoms with Crippen LogP contribution in [0.1, 0.15) is 24.1 Å². The summed E-state index contributed by atoms with van der Waals surface area (Å²) in [4.78, 5) is 28.5. The molecule has 0 radical (unpaired) electrons. The van der Waals surface area contributed by atoms with Gasteiger partial charge in [-0.2, -0.15) is 0 Å². The van der Waals surface area contributed by atoms with Crippen molar-refractivity contribution in [3.8, 4) is 5.75 Å². The van der Waals surface area contributed by atoms with Crippen LogP contribution in [0.3, 0.4) is 0 Å². The van der Waals surface area contributed by atoms with Gasteiger partial charge in [0.1, 0.15) is 11.3 Å². The number of nitrogens with zero attached hydrogens (tertiary/aromatic N) is 1. The van der Waals surface area contributed by atoms with E-state index in [9.17, 15) is 14.7 Å². The van der Waals surface area contributed by atoms with Gasteiger partial charge in [0.05, 0.1) is 15.9 Å². The monoisotopic (exact) mass is 370 g/mol. The molecule has 5 nitrogen and oxygen atoms in total. The maximum atomic E-state index is 13.2. The molecular weight excluding hydrogens is 351 g/mol. The molecule has 0 aliphatic heterocycles. The van der Waals surface area contributed by atoms with Gasteiger partial charge in [0.2, 0.25) is 0 Å². The van der Waals surface area contributed by atoms with Crippen molar-refractivity contribution in [2.24, 2.45) is 0 Å².